The minimum atomic E-state index is -0.258. The van der Waals surface area contributed by atoms with Crippen LogP contribution >= 0.6 is 12.4 Å². The molecule has 190 valence electrons. The first-order valence-electron chi connectivity index (χ1n) is 12.2. The Morgan fingerprint density at radius 3 is 1.56 bits per heavy atom. The second-order valence-electron chi connectivity index (χ2n) is 8.83. The largest absolute Gasteiger partial charge is 0.369 e. The molecule has 0 unspecified atom stereocenters. The van der Waals surface area contributed by atoms with E-state index in [4.69, 9.17) is 14.2 Å². The number of rotatable bonds is 12. The van der Waals surface area contributed by atoms with E-state index in [1.54, 1.807) is 0 Å². The van der Waals surface area contributed by atoms with Crippen LogP contribution in [-0.2, 0) is 34.0 Å². The van der Waals surface area contributed by atoms with E-state index in [0.29, 0.717) is 26.4 Å². The average Bonchev–Trinajstić information content (AvgIpc) is 2.91. The second-order valence-corrected chi connectivity index (χ2v) is 8.83. The highest BCUT2D eigenvalue weighted by atomic mass is 35.5. The minimum Gasteiger partial charge on any atom is -0.369 e. The first-order valence-corrected chi connectivity index (χ1v) is 12.2. The summed E-state index contributed by atoms with van der Waals surface area (Å²) in [7, 11) is 0. The highest BCUT2D eigenvalue weighted by Crippen LogP contribution is 2.29. The van der Waals surface area contributed by atoms with Gasteiger partial charge in [0.15, 0.2) is 0 Å². The number of nitrogens with zero attached hydrogens (tertiary/aromatic N) is 1. The standard InChI is InChI=1S/C31H35NO3.ClH/c1-3-20-32-21-29(33-22-25-14-8-5-9-15-25)31(35-24-27-18-12-7-13-19-27)30(28(32)4-2)34-23-26-16-10-6-11-17-26;/h3-19,28-31H,1-2,20-24H2;1H/t28-,29-,30+,31+;/m0./s1. The Kier molecular flexibility index (Phi) is 11.4. The third kappa shape index (κ3) is 7.63. The highest BCUT2D eigenvalue weighted by molar-refractivity contribution is 5.85. The van der Waals surface area contributed by atoms with E-state index in [9.17, 15) is 0 Å². The summed E-state index contributed by atoms with van der Waals surface area (Å²) in [6.45, 7) is 11.0. The highest BCUT2D eigenvalue weighted by Gasteiger charge is 2.44. The molecule has 3 aromatic rings. The zero-order valence-corrected chi connectivity index (χ0v) is 21.5. The van der Waals surface area contributed by atoms with E-state index in [-0.39, 0.29) is 36.8 Å². The number of ether oxygens (including phenoxy) is 3. The van der Waals surface area contributed by atoms with Gasteiger partial charge in [0.2, 0.25) is 0 Å². The maximum Gasteiger partial charge on any atom is 0.113 e. The van der Waals surface area contributed by atoms with Gasteiger partial charge in [-0.25, -0.2) is 0 Å². The predicted molar refractivity (Wildman–Crippen MR) is 148 cm³/mol. The van der Waals surface area contributed by atoms with Gasteiger partial charge < -0.3 is 14.2 Å². The van der Waals surface area contributed by atoms with Crippen molar-refractivity contribution in [2.75, 3.05) is 13.1 Å². The molecule has 4 atom stereocenters. The lowest BCUT2D eigenvalue weighted by molar-refractivity contribution is -0.195. The van der Waals surface area contributed by atoms with Gasteiger partial charge in [-0.2, -0.15) is 0 Å². The molecule has 0 aromatic heterocycles. The van der Waals surface area contributed by atoms with Crippen LogP contribution in [0.25, 0.3) is 0 Å². The first kappa shape index (κ1) is 27.9. The van der Waals surface area contributed by atoms with Crippen molar-refractivity contribution < 1.29 is 14.2 Å². The Hall–Kier alpha value is -2.73. The normalized spacial score (nSPS) is 21.9. The Balaban J connectivity index is 0.00000361. The van der Waals surface area contributed by atoms with Gasteiger partial charge in [-0.05, 0) is 16.7 Å². The van der Waals surface area contributed by atoms with Crippen LogP contribution in [0.4, 0.5) is 0 Å². The third-order valence-electron chi connectivity index (χ3n) is 6.35. The molecule has 5 heteroatoms. The molecule has 36 heavy (non-hydrogen) atoms. The van der Waals surface area contributed by atoms with Gasteiger partial charge in [0, 0.05) is 13.1 Å². The first-order chi connectivity index (χ1) is 17.3. The van der Waals surface area contributed by atoms with E-state index in [1.165, 1.54) is 0 Å². The van der Waals surface area contributed by atoms with Crippen molar-refractivity contribution in [3.63, 3.8) is 0 Å². The van der Waals surface area contributed by atoms with Crippen molar-refractivity contribution in [3.8, 4) is 0 Å². The number of piperidine rings is 1. The summed E-state index contributed by atoms with van der Waals surface area (Å²) in [4.78, 5) is 2.31. The van der Waals surface area contributed by atoms with Crippen molar-refractivity contribution in [2.45, 2.75) is 44.2 Å². The van der Waals surface area contributed by atoms with Gasteiger partial charge in [-0.3, -0.25) is 4.90 Å². The fourth-order valence-electron chi connectivity index (χ4n) is 4.57. The monoisotopic (exact) mass is 505 g/mol. The Morgan fingerprint density at radius 1 is 0.667 bits per heavy atom. The SMILES string of the molecule is C=CCN1C[C@H](OCc2ccccc2)[C@@H](OCc2ccccc2)[C@H](OCc2ccccc2)[C@@H]1C=C.Cl. The summed E-state index contributed by atoms with van der Waals surface area (Å²) in [6, 6.07) is 30.7. The Morgan fingerprint density at radius 2 is 1.11 bits per heavy atom. The number of halogens is 1. The fraction of sp³-hybridized carbons (Fsp3) is 0.290. The van der Waals surface area contributed by atoms with Crippen molar-refractivity contribution in [1.29, 1.82) is 0 Å². The van der Waals surface area contributed by atoms with Crippen LogP contribution in [0.15, 0.2) is 116 Å². The van der Waals surface area contributed by atoms with Gasteiger partial charge in [0.05, 0.1) is 32.0 Å². The third-order valence-corrected chi connectivity index (χ3v) is 6.35. The molecule has 0 radical (unpaired) electrons. The number of hydrogen-bond donors (Lipinski definition) is 0. The minimum absolute atomic E-state index is 0. The summed E-state index contributed by atoms with van der Waals surface area (Å²) in [5, 5.41) is 0. The maximum atomic E-state index is 6.58. The van der Waals surface area contributed by atoms with Gasteiger partial charge in [-0.1, -0.05) is 103 Å². The van der Waals surface area contributed by atoms with E-state index in [1.807, 2.05) is 66.7 Å². The molecule has 0 saturated carbocycles. The van der Waals surface area contributed by atoms with Crippen molar-refractivity contribution in [2.24, 2.45) is 0 Å². The molecule has 1 saturated heterocycles. The van der Waals surface area contributed by atoms with E-state index < -0.39 is 0 Å². The maximum absolute atomic E-state index is 6.58. The molecule has 3 aromatic carbocycles. The molecule has 0 aliphatic carbocycles. The number of likely N-dealkylation sites (tertiary alicyclic amines) is 1. The van der Waals surface area contributed by atoms with Crippen LogP contribution in [0.1, 0.15) is 16.7 Å². The van der Waals surface area contributed by atoms with Crippen LogP contribution in [-0.4, -0.2) is 42.3 Å². The lowest BCUT2D eigenvalue weighted by Crippen LogP contribution is -2.62. The number of benzene rings is 3. The number of hydrogen-bond acceptors (Lipinski definition) is 4. The van der Waals surface area contributed by atoms with Crippen LogP contribution < -0.4 is 0 Å². The fourth-order valence-corrected chi connectivity index (χ4v) is 4.57. The molecule has 1 aliphatic rings. The average molecular weight is 506 g/mol. The molecule has 1 fully saturated rings. The summed E-state index contributed by atoms with van der Waals surface area (Å²) in [5.41, 5.74) is 3.39. The molecule has 4 rings (SSSR count). The molecular formula is C31H36ClNO3. The van der Waals surface area contributed by atoms with Gasteiger partial charge in [0.1, 0.15) is 12.2 Å². The summed E-state index contributed by atoms with van der Waals surface area (Å²) in [5.74, 6) is 0. The molecule has 0 bridgehead atoms. The van der Waals surface area contributed by atoms with Gasteiger partial charge >= 0.3 is 0 Å². The van der Waals surface area contributed by atoms with Gasteiger partial charge in [-0.15, -0.1) is 25.6 Å². The van der Waals surface area contributed by atoms with Crippen molar-refractivity contribution >= 4 is 12.4 Å². The van der Waals surface area contributed by atoms with Crippen molar-refractivity contribution in [3.05, 3.63) is 133 Å². The van der Waals surface area contributed by atoms with E-state index >= 15 is 0 Å². The second kappa shape index (κ2) is 14.7. The molecule has 0 spiro atoms. The quantitative estimate of drug-likeness (QED) is 0.273. The van der Waals surface area contributed by atoms with Crippen LogP contribution in [0, 0.1) is 0 Å². The van der Waals surface area contributed by atoms with Crippen LogP contribution in [0.5, 0.6) is 0 Å². The van der Waals surface area contributed by atoms with Gasteiger partial charge in [0.25, 0.3) is 0 Å². The molecule has 4 nitrogen and oxygen atoms in total. The van der Waals surface area contributed by atoms with Crippen LogP contribution in [0.2, 0.25) is 0 Å². The lowest BCUT2D eigenvalue weighted by atomic mass is 9.92. The lowest BCUT2D eigenvalue weighted by Gasteiger charge is -2.47. The van der Waals surface area contributed by atoms with E-state index in [2.05, 4.69) is 54.5 Å². The Labute approximate surface area is 221 Å². The summed E-state index contributed by atoms with van der Waals surface area (Å²) < 4.78 is 19.7. The summed E-state index contributed by atoms with van der Waals surface area (Å²) >= 11 is 0. The van der Waals surface area contributed by atoms with E-state index in [0.717, 1.165) is 23.2 Å². The molecule has 0 amide bonds. The predicted octanol–water partition coefficient (Wildman–Crippen LogP) is 6.22. The zero-order chi connectivity index (χ0) is 24.3. The summed E-state index contributed by atoms with van der Waals surface area (Å²) in [6.07, 6.45) is 3.21. The molecule has 1 heterocycles. The smallest absolute Gasteiger partial charge is 0.113 e. The van der Waals surface area contributed by atoms with Crippen molar-refractivity contribution in [1.82, 2.24) is 4.90 Å². The zero-order valence-electron chi connectivity index (χ0n) is 20.7. The molecule has 1 aliphatic heterocycles. The molecule has 0 N–H and O–H groups in total. The molecular weight excluding hydrogens is 470 g/mol. The topological polar surface area (TPSA) is 30.9 Å². The van der Waals surface area contributed by atoms with Crippen LogP contribution in [0.3, 0.4) is 0 Å². The Bertz CT molecular complexity index is 1030.